The van der Waals surface area contributed by atoms with Crippen LogP contribution in [0.15, 0.2) is 54.6 Å². The highest BCUT2D eigenvalue weighted by Gasteiger charge is 2.32. The lowest BCUT2D eigenvalue weighted by molar-refractivity contribution is -0.143. The van der Waals surface area contributed by atoms with Crippen molar-refractivity contribution in [3.63, 3.8) is 0 Å². The summed E-state index contributed by atoms with van der Waals surface area (Å²) < 4.78 is 31.0. The molecule has 0 saturated carbocycles. The maximum absolute atomic E-state index is 13.3. The first-order valence-corrected chi connectivity index (χ1v) is 9.59. The van der Waals surface area contributed by atoms with Crippen LogP contribution in [0.3, 0.4) is 0 Å². The lowest BCUT2D eigenvalue weighted by Crippen LogP contribution is -2.50. The number of carboxylic acid groups (broad SMARTS) is 1. The van der Waals surface area contributed by atoms with Gasteiger partial charge < -0.3 is 20.5 Å². The molecule has 0 aliphatic rings. The number of halogens is 2. The molecule has 0 fully saturated rings. The number of Topliss-reactive ketones (excluding diaryl/α,β-unsaturated/α-hetero) is 2. The molecule has 0 saturated heterocycles. The van der Waals surface area contributed by atoms with Gasteiger partial charge >= 0.3 is 12.1 Å². The van der Waals surface area contributed by atoms with Crippen LogP contribution < -0.4 is 10.6 Å². The van der Waals surface area contributed by atoms with Gasteiger partial charge in [-0.25, -0.2) is 13.6 Å². The van der Waals surface area contributed by atoms with Crippen molar-refractivity contribution in [2.75, 3.05) is 6.67 Å². The molecule has 0 aromatic heterocycles. The van der Waals surface area contributed by atoms with Crippen molar-refractivity contribution in [2.24, 2.45) is 0 Å². The normalized spacial score (nSPS) is 12.2. The van der Waals surface area contributed by atoms with Crippen molar-refractivity contribution in [1.82, 2.24) is 10.6 Å². The molecule has 174 valence electrons. The van der Waals surface area contributed by atoms with Crippen molar-refractivity contribution in [3.8, 4) is 0 Å². The van der Waals surface area contributed by atoms with E-state index in [1.165, 1.54) is 12.1 Å². The molecule has 33 heavy (non-hydrogen) atoms. The van der Waals surface area contributed by atoms with Crippen molar-refractivity contribution < 1.29 is 42.6 Å². The molecule has 2 amide bonds. The van der Waals surface area contributed by atoms with Crippen molar-refractivity contribution in [2.45, 2.75) is 25.1 Å². The van der Waals surface area contributed by atoms with Gasteiger partial charge in [-0.1, -0.05) is 42.5 Å². The fourth-order valence-corrected chi connectivity index (χ4v) is 2.74. The number of benzene rings is 2. The lowest BCUT2D eigenvalue weighted by Gasteiger charge is -2.22. The third-order valence-electron chi connectivity index (χ3n) is 4.35. The fraction of sp³-hybridized carbons (Fsp3) is 0.227. The van der Waals surface area contributed by atoms with Gasteiger partial charge in [0, 0.05) is 0 Å². The van der Waals surface area contributed by atoms with Gasteiger partial charge in [0.25, 0.3) is 0 Å². The lowest BCUT2D eigenvalue weighted by atomic mass is 10.0. The SMILES string of the molecule is O=C(O)CC(NC(=O)C(NC(=O)OCc1ccccc1)c1ccc(F)cc1)C(=O)C(=O)CF. The Morgan fingerprint density at radius 2 is 1.58 bits per heavy atom. The first-order chi connectivity index (χ1) is 15.7. The number of amides is 2. The van der Waals surface area contributed by atoms with E-state index < -0.39 is 60.5 Å². The Morgan fingerprint density at radius 3 is 2.15 bits per heavy atom. The Kier molecular flexibility index (Phi) is 9.16. The first-order valence-electron chi connectivity index (χ1n) is 9.59. The molecule has 0 aliphatic carbocycles. The van der Waals surface area contributed by atoms with E-state index >= 15 is 0 Å². The number of carbonyl (C=O) groups excluding carboxylic acids is 4. The summed E-state index contributed by atoms with van der Waals surface area (Å²) >= 11 is 0. The highest BCUT2D eigenvalue weighted by molar-refractivity contribution is 6.40. The number of rotatable bonds is 11. The fourth-order valence-electron chi connectivity index (χ4n) is 2.74. The van der Waals surface area contributed by atoms with E-state index in [1.54, 1.807) is 30.3 Å². The zero-order valence-corrected chi connectivity index (χ0v) is 17.1. The van der Waals surface area contributed by atoms with E-state index in [0.717, 1.165) is 12.1 Å². The van der Waals surface area contributed by atoms with E-state index in [9.17, 15) is 32.8 Å². The van der Waals surface area contributed by atoms with Crippen molar-refractivity contribution in [3.05, 3.63) is 71.5 Å². The standard InChI is InChI=1S/C22H20F2N2O7/c23-11-17(27)20(30)16(10-18(28)29)25-21(31)19(14-6-8-15(24)9-7-14)26-22(32)33-12-13-4-2-1-3-5-13/h1-9,16,19H,10-12H2,(H,25,31)(H,26,32)(H,28,29). The van der Waals surface area contributed by atoms with Crippen molar-refractivity contribution >= 4 is 29.5 Å². The Bertz CT molecular complexity index is 1010. The average molecular weight is 462 g/mol. The van der Waals surface area contributed by atoms with Crippen LogP contribution in [0, 0.1) is 5.82 Å². The molecule has 0 bridgehead atoms. The summed E-state index contributed by atoms with van der Waals surface area (Å²) in [5, 5.41) is 13.3. The number of carboxylic acids is 1. The van der Waals surface area contributed by atoms with Crippen LogP contribution in [0.2, 0.25) is 0 Å². The maximum Gasteiger partial charge on any atom is 0.408 e. The summed E-state index contributed by atoms with van der Waals surface area (Å²) in [6.07, 6.45) is -2.03. The van der Waals surface area contributed by atoms with Gasteiger partial charge in [-0.3, -0.25) is 19.2 Å². The topological polar surface area (TPSA) is 139 Å². The van der Waals surface area contributed by atoms with E-state index in [0.29, 0.717) is 5.56 Å². The van der Waals surface area contributed by atoms with Crippen LogP contribution in [0.4, 0.5) is 13.6 Å². The zero-order valence-electron chi connectivity index (χ0n) is 17.1. The molecule has 2 atom stereocenters. The third-order valence-corrected chi connectivity index (χ3v) is 4.35. The molecule has 2 unspecified atom stereocenters. The van der Waals surface area contributed by atoms with Crippen molar-refractivity contribution in [1.29, 1.82) is 0 Å². The molecule has 2 aromatic rings. The van der Waals surface area contributed by atoms with Crippen LogP contribution in [0.25, 0.3) is 0 Å². The summed E-state index contributed by atoms with van der Waals surface area (Å²) in [5.41, 5.74) is 0.733. The number of aliphatic carboxylic acids is 1. The molecular formula is C22H20F2N2O7. The summed E-state index contributed by atoms with van der Waals surface area (Å²) in [7, 11) is 0. The third kappa shape index (κ3) is 7.80. The molecule has 0 heterocycles. The first kappa shape index (κ1) is 25.1. The molecule has 11 heteroatoms. The predicted octanol–water partition coefficient (Wildman–Crippen LogP) is 1.86. The second kappa shape index (κ2) is 12.0. The Hall–Kier alpha value is -4.15. The second-order valence-corrected chi connectivity index (χ2v) is 6.77. The molecule has 0 radical (unpaired) electrons. The number of alkyl carbamates (subject to hydrolysis) is 1. The average Bonchev–Trinajstić information content (AvgIpc) is 2.80. The maximum atomic E-state index is 13.3. The minimum absolute atomic E-state index is 0.0731. The predicted molar refractivity (Wildman–Crippen MR) is 109 cm³/mol. The van der Waals surface area contributed by atoms with Gasteiger partial charge in [0.2, 0.25) is 17.5 Å². The molecule has 2 aromatic carbocycles. The molecule has 9 nitrogen and oxygen atoms in total. The monoisotopic (exact) mass is 462 g/mol. The van der Waals surface area contributed by atoms with Gasteiger partial charge in [0.05, 0.1) is 6.42 Å². The van der Waals surface area contributed by atoms with Crippen LogP contribution in [0.1, 0.15) is 23.6 Å². The zero-order chi connectivity index (χ0) is 24.4. The molecule has 0 aliphatic heterocycles. The molecule has 0 spiro atoms. The van der Waals surface area contributed by atoms with Crippen LogP contribution in [-0.2, 0) is 30.5 Å². The van der Waals surface area contributed by atoms with E-state index in [2.05, 4.69) is 5.32 Å². The van der Waals surface area contributed by atoms with Gasteiger partial charge in [-0.2, -0.15) is 0 Å². The molecule has 2 rings (SSSR count). The molecule has 3 N–H and O–H groups in total. The second-order valence-electron chi connectivity index (χ2n) is 6.77. The van der Waals surface area contributed by atoms with Crippen LogP contribution in [0.5, 0.6) is 0 Å². The summed E-state index contributed by atoms with van der Waals surface area (Å²) in [4.78, 5) is 59.5. The quantitative estimate of drug-likeness (QED) is 0.433. The van der Waals surface area contributed by atoms with Gasteiger partial charge in [-0.15, -0.1) is 0 Å². The summed E-state index contributed by atoms with van der Waals surface area (Å²) in [6.45, 7) is -1.80. The Balaban J connectivity index is 2.20. The van der Waals surface area contributed by atoms with Gasteiger partial charge in [-0.05, 0) is 23.3 Å². The Labute approximate surface area is 186 Å². The Morgan fingerprint density at radius 1 is 0.939 bits per heavy atom. The van der Waals surface area contributed by atoms with E-state index in [4.69, 9.17) is 9.84 Å². The molecular weight excluding hydrogens is 442 g/mol. The number of ether oxygens (including phenoxy) is 1. The minimum atomic E-state index is -1.87. The number of hydrogen-bond acceptors (Lipinski definition) is 6. The van der Waals surface area contributed by atoms with E-state index in [-0.39, 0.29) is 12.2 Å². The highest BCUT2D eigenvalue weighted by Crippen LogP contribution is 2.16. The van der Waals surface area contributed by atoms with Gasteiger partial charge in [0.1, 0.15) is 24.5 Å². The number of carbonyl (C=O) groups is 5. The highest BCUT2D eigenvalue weighted by atomic mass is 19.1. The summed E-state index contributed by atoms with van der Waals surface area (Å²) in [6, 6.07) is 9.58. The number of hydrogen-bond donors (Lipinski definition) is 3. The van der Waals surface area contributed by atoms with Crippen LogP contribution in [-0.4, -0.2) is 47.4 Å². The number of alkyl halides is 1. The van der Waals surface area contributed by atoms with E-state index in [1.807, 2.05) is 5.32 Å². The smallest absolute Gasteiger partial charge is 0.408 e. The number of nitrogens with one attached hydrogen (secondary N) is 2. The van der Waals surface area contributed by atoms with Crippen LogP contribution >= 0.6 is 0 Å². The largest absolute Gasteiger partial charge is 0.481 e. The van der Waals surface area contributed by atoms with Gasteiger partial charge in [0.15, 0.2) is 6.67 Å². The minimum Gasteiger partial charge on any atom is -0.481 e. The number of ketones is 2. The summed E-state index contributed by atoms with van der Waals surface area (Å²) in [5.74, 6) is -6.22.